The molecule has 0 atom stereocenters. The van der Waals surface area contributed by atoms with Crippen LogP contribution in [0.15, 0.2) is 16.7 Å². The number of rotatable bonds is 4. The van der Waals surface area contributed by atoms with E-state index in [1.807, 2.05) is 32.9 Å². The number of carboxylic acids is 1. The van der Waals surface area contributed by atoms with E-state index in [4.69, 9.17) is 9.26 Å². The Hall–Kier alpha value is -2.30. The van der Waals surface area contributed by atoms with Gasteiger partial charge in [-0.3, -0.25) is 0 Å². The summed E-state index contributed by atoms with van der Waals surface area (Å²) < 4.78 is 10.6. The van der Waals surface area contributed by atoms with Crippen LogP contribution < -0.4 is 4.74 Å². The summed E-state index contributed by atoms with van der Waals surface area (Å²) in [5.74, 6) is 0.205. The van der Waals surface area contributed by atoms with Crippen LogP contribution in [0.25, 0.3) is 11.1 Å². The van der Waals surface area contributed by atoms with E-state index in [9.17, 15) is 9.90 Å². The Balaban J connectivity index is 2.62. The summed E-state index contributed by atoms with van der Waals surface area (Å²) in [6, 6.07) is 3.82. The highest BCUT2D eigenvalue weighted by atomic mass is 16.5. The molecule has 0 amide bonds. The van der Waals surface area contributed by atoms with Crippen LogP contribution in [0.4, 0.5) is 0 Å². The van der Waals surface area contributed by atoms with Gasteiger partial charge in [0.05, 0.1) is 12.2 Å². The van der Waals surface area contributed by atoms with E-state index in [1.165, 1.54) is 0 Å². The van der Waals surface area contributed by atoms with Crippen molar-refractivity contribution in [3.63, 3.8) is 0 Å². The second-order valence-corrected chi connectivity index (χ2v) is 4.63. The lowest BCUT2D eigenvalue weighted by Gasteiger charge is -2.12. The van der Waals surface area contributed by atoms with Crippen molar-refractivity contribution in [2.75, 3.05) is 6.61 Å². The van der Waals surface area contributed by atoms with E-state index in [0.717, 1.165) is 22.4 Å². The Morgan fingerprint density at radius 3 is 2.60 bits per heavy atom. The normalized spacial score (nSPS) is 10.6. The molecule has 20 heavy (non-hydrogen) atoms. The lowest BCUT2D eigenvalue weighted by molar-refractivity contribution is 0.0686. The SMILES string of the molecule is CCOc1cc(C)c(-c2c(C(=O)O)noc2C)cc1C. The Kier molecular flexibility index (Phi) is 3.79. The lowest BCUT2D eigenvalue weighted by Crippen LogP contribution is -2.01. The molecule has 0 saturated heterocycles. The second kappa shape index (κ2) is 5.36. The van der Waals surface area contributed by atoms with Crippen molar-refractivity contribution in [1.29, 1.82) is 0 Å². The van der Waals surface area contributed by atoms with E-state index in [1.54, 1.807) is 6.92 Å². The molecule has 2 aromatic rings. The Labute approximate surface area is 117 Å². The van der Waals surface area contributed by atoms with Gasteiger partial charge in [-0.25, -0.2) is 4.79 Å². The van der Waals surface area contributed by atoms with Gasteiger partial charge in [0.1, 0.15) is 11.5 Å². The molecule has 1 N–H and O–H groups in total. The van der Waals surface area contributed by atoms with Crippen molar-refractivity contribution in [2.45, 2.75) is 27.7 Å². The molecule has 0 fully saturated rings. The van der Waals surface area contributed by atoms with Crippen LogP contribution >= 0.6 is 0 Å². The van der Waals surface area contributed by atoms with Gasteiger partial charge in [-0.15, -0.1) is 0 Å². The van der Waals surface area contributed by atoms with E-state index < -0.39 is 5.97 Å². The van der Waals surface area contributed by atoms with Crippen LogP contribution in [0.1, 0.15) is 34.3 Å². The Bertz CT molecular complexity index is 658. The molecule has 0 saturated carbocycles. The standard InChI is InChI=1S/C15H17NO4/c1-5-19-12-7-8(2)11(6-9(12)3)13-10(4)20-16-14(13)15(17)18/h6-7H,5H2,1-4H3,(H,17,18). The van der Waals surface area contributed by atoms with Gasteiger partial charge in [-0.05, 0) is 56.5 Å². The molecule has 0 spiro atoms. The highest BCUT2D eigenvalue weighted by Crippen LogP contribution is 2.34. The first-order valence-electron chi connectivity index (χ1n) is 6.39. The number of carboxylic acid groups (broad SMARTS) is 1. The number of carbonyl (C=O) groups is 1. The highest BCUT2D eigenvalue weighted by molar-refractivity contribution is 5.95. The molecular weight excluding hydrogens is 258 g/mol. The van der Waals surface area contributed by atoms with Crippen LogP contribution in [0, 0.1) is 20.8 Å². The molecule has 0 aliphatic carbocycles. The van der Waals surface area contributed by atoms with Crippen molar-refractivity contribution >= 4 is 5.97 Å². The van der Waals surface area contributed by atoms with Gasteiger partial charge in [0, 0.05) is 0 Å². The number of aryl methyl sites for hydroxylation is 3. The predicted octanol–water partition coefficient (Wildman–Crippen LogP) is 3.36. The number of aromatic carboxylic acids is 1. The van der Waals surface area contributed by atoms with Crippen molar-refractivity contribution in [2.24, 2.45) is 0 Å². The van der Waals surface area contributed by atoms with Crippen molar-refractivity contribution in [1.82, 2.24) is 5.16 Å². The van der Waals surface area contributed by atoms with Crippen molar-refractivity contribution in [3.05, 3.63) is 34.7 Å². The molecular formula is C15H17NO4. The molecule has 0 aliphatic heterocycles. The average molecular weight is 275 g/mol. The van der Waals surface area contributed by atoms with Crippen LogP contribution in [-0.4, -0.2) is 22.8 Å². The maximum atomic E-state index is 11.2. The first-order valence-corrected chi connectivity index (χ1v) is 6.39. The quantitative estimate of drug-likeness (QED) is 0.926. The maximum absolute atomic E-state index is 11.2. The monoisotopic (exact) mass is 275 g/mol. The molecule has 5 nitrogen and oxygen atoms in total. The van der Waals surface area contributed by atoms with Gasteiger partial charge < -0.3 is 14.4 Å². The Morgan fingerprint density at radius 2 is 2.00 bits per heavy atom. The summed E-state index contributed by atoms with van der Waals surface area (Å²) in [5, 5.41) is 12.8. The van der Waals surface area contributed by atoms with E-state index in [-0.39, 0.29) is 5.69 Å². The van der Waals surface area contributed by atoms with E-state index in [2.05, 4.69) is 5.16 Å². The first-order chi connectivity index (χ1) is 9.45. The smallest absolute Gasteiger partial charge is 0.358 e. The number of nitrogens with zero attached hydrogens (tertiary/aromatic N) is 1. The first kappa shape index (κ1) is 14.1. The molecule has 106 valence electrons. The van der Waals surface area contributed by atoms with Gasteiger partial charge >= 0.3 is 5.97 Å². The predicted molar refractivity (Wildman–Crippen MR) is 74.3 cm³/mol. The molecule has 1 heterocycles. The molecule has 0 aliphatic rings. The van der Waals surface area contributed by atoms with Gasteiger partial charge in [0.15, 0.2) is 5.69 Å². The largest absolute Gasteiger partial charge is 0.494 e. The maximum Gasteiger partial charge on any atom is 0.358 e. The molecule has 0 radical (unpaired) electrons. The second-order valence-electron chi connectivity index (χ2n) is 4.63. The average Bonchev–Trinajstić information content (AvgIpc) is 2.76. The molecule has 1 aromatic carbocycles. The third-order valence-electron chi connectivity index (χ3n) is 3.16. The third kappa shape index (κ3) is 2.39. The number of hydrogen-bond acceptors (Lipinski definition) is 4. The van der Waals surface area contributed by atoms with Crippen LogP contribution in [0.3, 0.4) is 0 Å². The summed E-state index contributed by atoms with van der Waals surface area (Å²) in [5.41, 5.74) is 3.15. The molecule has 0 bridgehead atoms. The molecule has 2 rings (SSSR count). The fraction of sp³-hybridized carbons (Fsp3) is 0.333. The summed E-state index contributed by atoms with van der Waals surface area (Å²) >= 11 is 0. The fourth-order valence-electron chi connectivity index (χ4n) is 2.21. The van der Waals surface area contributed by atoms with Crippen LogP contribution in [-0.2, 0) is 0 Å². The number of ether oxygens (including phenoxy) is 1. The van der Waals surface area contributed by atoms with Gasteiger partial charge in [-0.2, -0.15) is 0 Å². The summed E-state index contributed by atoms with van der Waals surface area (Å²) in [6.07, 6.45) is 0. The highest BCUT2D eigenvalue weighted by Gasteiger charge is 2.22. The minimum Gasteiger partial charge on any atom is -0.494 e. The zero-order chi connectivity index (χ0) is 14.9. The Morgan fingerprint density at radius 1 is 1.30 bits per heavy atom. The molecule has 1 aromatic heterocycles. The minimum absolute atomic E-state index is 0.0610. The number of aromatic nitrogens is 1. The summed E-state index contributed by atoms with van der Waals surface area (Å²) in [4.78, 5) is 11.2. The topological polar surface area (TPSA) is 72.6 Å². The van der Waals surface area contributed by atoms with E-state index in [0.29, 0.717) is 17.9 Å². The number of benzene rings is 1. The van der Waals surface area contributed by atoms with Crippen LogP contribution in [0.2, 0.25) is 0 Å². The van der Waals surface area contributed by atoms with E-state index >= 15 is 0 Å². The van der Waals surface area contributed by atoms with Gasteiger partial charge in [-0.1, -0.05) is 5.16 Å². The lowest BCUT2D eigenvalue weighted by atomic mass is 9.96. The zero-order valence-electron chi connectivity index (χ0n) is 12.0. The fourth-order valence-corrected chi connectivity index (χ4v) is 2.21. The van der Waals surface area contributed by atoms with Crippen molar-refractivity contribution in [3.8, 4) is 16.9 Å². The van der Waals surface area contributed by atoms with Gasteiger partial charge in [0.2, 0.25) is 0 Å². The number of hydrogen-bond donors (Lipinski definition) is 1. The molecule has 0 unspecified atom stereocenters. The third-order valence-corrected chi connectivity index (χ3v) is 3.16. The van der Waals surface area contributed by atoms with Gasteiger partial charge in [0.25, 0.3) is 0 Å². The summed E-state index contributed by atoms with van der Waals surface area (Å²) in [6.45, 7) is 8.06. The minimum atomic E-state index is -1.09. The summed E-state index contributed by atoms with van der Waals surface area (Å²) in [7, 11) is 0. The van der Waals surface area contributed by atoms with Crippen molar-refractivity contribution < 1.29 is 19.2 Å². The van der Waals surface area contributed by atoms with Crippen LogP contribution in [0.5, 0.6) is 5.75 Å². The zero-order valence-corrected chi connectivity index (χ0v) is 12.0. The molecule has 5 heteroatoms.